The van der Waals surface area contributed by atoms with Crippen molar-refractivity contribution in [1.29, 1.82) is 5.26 Å². The summed E-state index contributed by atoms with van der Waals surface area (Å²) in [5.41, 5.74) is 2.33. The monoisotopic (exact) mass is 266 g/mol. The van der Waals surface area contributed by atoms with Crippen LogP contribution in [0.2, 0.25) is 0 Å². The van der Waals surface area contributed by atoms with E-state index in [2.05, 4.69) is 4.99 Å². The molecule has 0 saturated heterocycles. The Morgan fingerprint density at radius 1 is 1.00 bits per heavy atom. The van der Waals surface area contributed by atoms with Gasteiger partial charge in [-0.05, 0) is 41.8 Å². The molecule has 0 saturated carbocycles. The van der Waals surface area contributed by atoms with E-state index in [1.54, 1.807) is 25.4 Å². The van der Waals surface area contributed by atoms with E-state index in [1.165, 1.54) is 12.0 Å². The second kappa shape index (κ2) is 6.95. The van der Waals surface area contributed by atoms with Crippen LogP contribution in [0.15, 0.2) is 53.5 Å². The third-order valence-corrected chi connectivity index (χ3v) is 2.71. The van der Waals surface area contributed by atoms with E-state index < -0.39 is 0 Å². The van der Waals surface area contributed by atoms with Gasteiger partial charge in [-0.15, -0.1) is 5.26 Å². The zero-order chi connectivity index (χ0) is 14.2. The van der Waals surface area contributed by atoms with Crippen molar-refractivity contribution in [3.05, 3.63) is 59.7 Å². The van der Waals surface area contributed by atoms with Gasteiger partial charge in [-0.3, -0.25) is 4.99 Å². The highest BCUT2D eigenvalue weighted by atomic mass is 16.5. The number of rotatable bonds is 5. The molecule has 0 spiro atoms. The van der Waals surface area contributed by atoms with Crippen molar-refractivity contribution < 1.29 is 9.47 Å². The van der Waals surface area contributed by atoms with E-state index in [-0.39, 0.29) is 0 Å². The predicted octanol–water partition coefficient (Wildman–Crippen LogP) is 3.17. The molecule has 4 nitrogen and oxygen atoms in total. The summed E-state index contributed by atoms with van der Waals surface area (Å²) in [5, 5.41) is 8.42. The van der Waals surface area contributed by atoms with E-state index in [0.717, 1.165) is 17.7 Å². The Morgan fingerprint density at radius 3 is 2.05 bits per heavy atom. The Hall–Kier alpha value is -2.80. The molecule has 0 aliphatic rings. The fourth-order valence-corrected chi connectivity index (χ4v) is 1.76. The molecular formula is C16H14N2O2. The van der Waals surface area contributed by atoms with Gasteiger partial charge in [0.1, 0.15) is 11.5 Å². The quantitative estimate of drug-likeness (QED) is 0.474. The molecule has 0 amide bonds. The minimum absolute atomic E-state index is 0.554. The molecule has 0 aliphatic carbocycles. The van der Waals surface area contributed by atoms with Crippen LogP contribution in [-0.4, -0.2) is 13.4 Å². The summed E-state index contributed by atoms with van der Waals surface area (Å²) in [7, 11) is 1.66. The highest BCUT2D eigenvalue weighted by Crippen LogP contribution is 2.17. The van der Waals surface area contributed by atoms with Crippen LogP contribution in [0.1, 0.15) is 11.1 Å². The molecule has 100 valence electrons. The molecule has 2 rings (SSSR count). The predicted molar refractivity (Wildman–Crippen MR) is 77.0 cm³/mol. The highest BCUT2D eigenvalue weighted by molar-refractivity contribution is 5.51. The molecule has 0 aromatic heterocycles. The zero-order valence-electron chi connectivity index (χ0n) is 11.1. The molecule has 2 aromatic carbocycles. The average molecular weight is 266 g/mol. The van der Waals surface area contributed by atoms with E-state index in [0.29, 0.717) is 5.75 Å². The van der Waals surface area contributed by atoms with Gasteiger partial charge in [0.05, 0.1) is 0 Å². The van der Waals surface area contributed by atoms with Crippen molar-refractivity contribution in [2.45, 2.75) is 6.42 Å². The minimum Gasteiger partial charge on any atom is -0.446 e. The van der Waals surface area contributed by atoms with Crippen LogP contribution in [-0.2, 0) is 6.42 Å². The number of hydrogen-bond donors (Lipinski definition) is 0. The van der Waals surface area contributed by atoms with Gasteiger partial charge in [0.15, 0.2) is 6.40 Å². The summed E-state index contributed by atoms with van der Waals surface area (Å²) in [4.78, 5) is 3.76. The fraction of sp³-hybridized carbons (Fsp3) is 0.125. The van der Waals surface area contributed by atoms with Gasteiger partial charge in [0, 0.05) is 7.05 Å². The third-order valence-electron chi connectivity index (χ3n) is 2.71. The molecule has 0 fully saturated rings. The second-order valence-electron chi connectivity index (χ2n) is 4.14. The van der Waals surface area contributed by atoms with Crippen molar-refractivity contribution in [3.63, 3.8) is 0 Å². The minimum atomic E-state index is 0.554. The Morgan fingerprint density at radius 2 is 1.55 bits per heavy atom. The fourth-order valence-electron chi connectivity index (χ4n) is 1.76. The molecule has 0 bridgehead atoms. The van der Waals surface area contributed by atoms with Gasteiger partial charge >= 0.3 is 0 Å². The van der Waals surface area contributed by atoms with E-state index in [9.17, 15) is 0 Å². The van der Waals surface area contributed by atoms with Crippen molar-refractivity contribution in [2.75, 3.05) is 7.05 Å². The lowest BCUT2D eigenvalue weighted by atomic mass is 10.0. The van der Waals surface area contributed by atoms with Gasteiger partial charge in [0.2, 0.25) is 0 Å². The molecule has 0 radical (unpaired) electrons. The number of hydrogen-bond acceptors (Lipinski definition) is 4. The van der Waals surface area contributed by atoms with Crippen LogP contribution in [0.3, 0.4) is 0 Å². The van der Waals surface area contributed by atoms with Gasteiger partial charge in [0.25, 0.3) is 6.26 Å². The van der Waals surface area contributed by atoms with E-state index in [4.69, 9.17) is 14.7 Å². The maximum atomic E-state index is 8.42. The molecule has 4 heteroatoms. The number of nitrogens with zero attached hydrogens (tertiary/aromatic N) is 2. The number of aliphatic imine (C=N–C) groups is 1. The maximum Gasteiger partial charge on any atom is 0.292 e. The van der Waals surface area contributed by atoms with Crippen molar-refractivity contribution in [2.24, 2.45) is 4.99 Å². The summed E-state index contributed by atoms with van der Waals surface area (Å²) in [5.74, 6) is 1.32. The van der Waals surface area contributed by atoms with Crippen LogP contribution in [0, 0.1) is 11.5 Å². The lowest BCUT2D eigenvalue weighted by Crippen LogP contribution is -1.91. The van der Waals surface area contributed by atoms with Crippen molar-refractivity contribution >= 4 is 6.40 Å². The molecule has 0 N–H and O–H groups in total. The highest BCUT2D eigenvalue weighted by Gasteiger charge is 1.99. The van der Waals surface area contributed by atoms with Crippen molar-refractivity contribution in [3.8, 4) is 17.8 Å². The second-order valence-corrected chi connectivity index (χ2v) is 4.14. The van der Waals surface area contributed by atoms with Gasteiger partial charge in [-0.1, -0.05) is 24.3 Å². The molecule has 2 aromatic rings. The first kappa shape index (κ1) is 13.6. The smallest absolute Gasteiger partial charge is 0.292 e. The summed E-state index contributed by atoms with van der Waals surface area (Å²) in [6.07, 6.45) is 3.87. The zero-order valence-corrected chi connectivity index (χ0v) is 11.1. The van der Waals surface area contributed by atoms with E-state index >= 15 is 0 Å². The number of benzene rings is 2. The molecule has 0 aliphatic heterocycles. The standard InChI is InChI=1S/C16H14N2O2/c1-18-12-20-16-8-4-14(5-9-16)10-13-2-6-15(7-3-13)19-11-17/h2-9,12H,10H2,1H3. The van der Waals surface area contributed by atoms with Gasteiger partial charge in [-0.2, -0.15) is 0 Å². The Kier molecular flexibility index (Phi) is 4.74. The Bertz CT molecular complexity index is 610. The number of nitriles is 1. The summed E-state index contributed by atoms with van der Waals surface area (Å²) >= 11 is 0. The first-order chi connectivity index (χ1) is 9.81. The molecule has 0 atom stereocenters. The van der Waals surface area contributed by atoms with Crippen LogP contribution >= 0.6 is 0 Å². The molecular weight excluding hydrogens is 252 g/mol. The molecule has 20 heavy (non-hydrogen) atoms. The van der Waals surface area contributed by atoms with E-state index in [1.807, 2.05) is 36.4 Å². The lowest BCUT2D eigenvalue weighted by Gasteiger charge is -2.04. The Labute approximate surface area is 117 Å². The Balaban J connectivity index is 2.00. The van der Waals surface area contributed by atoms with Crippen molar-refractivity contribution in [1.82, 2.24) is 0 Å². The first-order valence-electron chi connectivity index (χ1n) is 6.13. The topological polar surface area (TPSA) is 54.6 Å². The molecule has 0 heterocycles. The van der Waals surface area contributed by atoms with Crippen LogP contribution in [0.5, 0.6) is 11.5 Å². The van der Waals surface area contributed by atoms with Crippen LogP contribution in [0.25, 0.3) is 0 Å². The first-order valence-corrected chi connectivity index (χ1v) is 6.13. The third kappa shape index (κ3) is 3.85. The normalized spacial score (nSPS) is 10.2. The largest absolute Gasteiger partial charge is 0.446 e. The summed E-state index contributed by atoms with van der Waals surface area (Å²) < 4.78 is 10.0. The SMILES string of the molecule is CN=COc1ccc(Cc2ccc(OC#N)cc2)cc1. The summed E-state index contributed by atoms with van der Waals surface area (Å²) in [6, 6.07) is 15.3. The van der Waals surface area contributed by atoms with Gasteiger partial charge < -0.3 is 9.47 Å². The maximum absolute atomic E-state index is 8.42. The lowest BCUT2D eigenvalue weighted by molar-refractivity contribution is 0.507. The van der Waals surface area contributed by atoms with Crippen LogP contribution < -0.4 is 9.47 Å². The van der Waals surface area contributed by atoms with Gasteiger partial charge in [-0.25, -0.2) is 0 Å². The summed E-state index contributed by atoms with van der Waals surface area (Å²) in [6.45, 7) is 0. The molecule has 0 unspecified atom stereocenters. The number of ether oxygens (including phenoxy) is 2. The van der Waals surface area contributed by atoms with Crippen LogP contribution in [0.4, 0.5) is 0 Å². The average Bonchev–Trinajstić information content (AvgIpc) is 2.49.